The van der Waals surface area contributed by atoms with Crippen LogP contribution in [0.4, 0.5) is 0 Å². The zero-order valence-electron chi connectivity index (χ0n) is 15.6. The zero-order chi connectivity index (χ0) is 17.5. The molecule has 3 nitrogen and oxygen atoms in total. The average molecular weight is 338 g/mol. The van der Waals surface area contributed by atoms with Gasteiger partial charge in [0.15, 0.2) is 0 Å². The maximum absolute atomic E-state index is 4.16. The summed E-state index contributed by atoms with van der Waals surface area (Å²) in [5, 5.41) is 0. The molecular weight excluding hydrogens is 306 g/mol. The van der Waals surface area contributed by atoms with Crippen molar-refractivity contribution in [2.45, 2.75) is 52.0 Å². The maximum atomic E-state index is 4.16. The molecule has 3 heterocycles. The second-order valence-electron chi connectivity index (χ2n) is 7.51. The molecule has 1 saturated heterocycles. The van der Waals surface area contributed by atoms with E-state index in [1.54, 1.807) is 0 Å². The summed E-state index contributed by atoms with van der Waals surface area (Å²) >= 11 is 0. The van der Waals surface area contributed by atoms with Crippen molar-refractivity contribution in [1.82, 2.24) is 14.9 Å². The van der Waals surface area contributed by atoms with Crippen LogP contribution >= 0.6 is 0 Å². The van der Waals surface area contributed by atoms with Gasteiger partial charge in [0.05, 0.1) is 0 Å². The molecule has 0 bridgehead atoms. The quantitative estimate of drug-likeness (QED) is 0.750. The first-order valence-electron chi connectivity index (χ1n) is 9.80. The molecule has 1 aliphatic heterocycles. The summed E-state index contributed by atoms with van der Waals surface area (Å²) in [5.74, 6) is 1.48. The van der Waals surface area contributed by atoms with Crippen LogP contribution in [-0.2, 0) is 12.8 Å². The van der Waals surface area contributed by atoms with E-state index >= 15 is 0 Å². The number of aromatic nitrogens is 2. The Morgan fingerprint density at radius 1 is 0.840 bits per heavy atom. The van der Waals surface area contributed by atoms with Gasteiger partial charge in [-0.2, -0.15) is 0 Å². The molecule has 3 rings (SSSR count). The number of rotatable bonds is 7. The van der Waals surface area contributed by atoms with E-state index in [0.29, 0.717) is 0 Å². The van der Waals surface area contributed by atoms with E-state index in [9.17, 15) is 0 Å². The number of nitrogens with zero attached hydrogens (tertiary/aromatic N) is 3. The van der Waals surface area contributed by atoms with Crippen LogP contribution in [0.15, 0.2) is 49.1 Å². The van der Waals surface area contributed by atoms with Crippen LogP contribution < -0.4 is 0 Å². The third kappa shape index (κ3) is 5.12. The number of likely N-dealkylation sites (tertiary alicyclic amines) is 1. The topological polar surface area (TPSA) is 29.0 Å². The molecule has 0 amide bonds. The monoisotopic (exact) mass is 337 g/mol. The molecule has 134 valence electrons. The van der Waals surface area contributed by atoms with Gasteiger partial charge in [-0.1, -0.05) is 13.8 Å². The Kier molecular flexibility index (Phi) is 6.57. The molecule has 3 heteroatoms. The van der Waals surface area contributed by atoms with Gasteiger partial charge in [-0.05, 0) is 79.3 Å². The highest BCUT2D eigenvalue weighted by Gasteiger charge is 2.30. The number of piperidine rings is 1. The fourth-order valence-electron chi connectivity index (χ4n) is 4.46. The summed E-state index contributed by atoms with van der Waals surface area (Å²) in [7, 11) is 0. The number of pyridine rings is 2. The van der Waals surface area contributed by atoms with E-state index in [1.165, 1.54) is 56.3 Å². The molecule has 0 aliphatic carbocycles. The Bertz CT molecular complexity index is 560. The molecule has 2 aromatic rings. The van der Waals surface area contributed by atoms with Crippen LogP contribution in [0.3, 0.4) is 0 Å². The highest BCUT2D eigenvalue weighted by atomic mass is 15.2. The van der Waals surface area contributed by atoms with Gasteiger partial charge in [0.25, 0.3) is 0 Å². The van der Waals surface area contributed by atoms with Crippen LogP contribution in [0, 0.1) is 11.8 Å². The standard InChI is InChI=1S/C22H31N3/c1-3-22(4-2)25-16-20(13-18-5-9-23-10-6-18)15-21(17-25)14-19-7-11-24-12-8-19/h5-12,20-22H,3-4,13-17H2,1-2H3. The van der Waals surface area contributed by atoms with E-state index < -0.39 is 0 Å². The molecule has 2 aromatic heterocycles. The SMILES string of the molecule is CCC(CC)N1CC(Cc2ccncc2)CC(Cc2ccncc2)C1. The summed E-state index contributed by atoms with van der Waals surface area (Å²) in [6.45, 7) is 7.14. The fourth-order valence-corrected chi connectivity index (χ4v) is 4.46. The minimum absolute atomic E-state index is 0.722. The van der Waals surface area contributed by atoms with Crippen molar-refractivity contribution in [3.05, 3.63) is 60.2 Å². The highest BCUT2D eigenvalue weighted by molar-refractivity contribution is 5.13. The van der Waals surface area contributed by atoms with Gasteiger partial charge < -0.3 is 0 Å². The van der Waals surface area contributed by atoms with E-state index in [2.05, 4.69) is 53.0 Å². The highest BCUT2D eigenvalue weighted by Crippen LogP contribution is 2.29. The molecule has 2 unspecified atom stereocenters. The zero-order valence-corrected chi connectivity index (χ0v) is 15.6. The van der Waals surface area contributed by atoms with Crippen LogP contribution in [-0.4, -0.2) is 34.0 Å². The summed E-state index contributed by atoms with van der Waals surface area (Å²) in [5.41, 5.74) is 2.85. The van der Waals surface area contributed by atoms with Crippen molar-refractivity contribution >= 4 is 0 Å². The van der Waals surface area contributed by atoms with Gasteiger partial charge in [-0.25, -0.2) is 0 Å². The molecule has 0 aromatic carbocycles. The summed E-state index contributed by atoms with van der Waals surface area (Å²) in [4.78, 5) is 11.1. The first kappa shape index (κ1) is 18.1. The number of hydrogen-bond donors (Lipinski definition) is 0. The molecular formula is C22H31N3. The second-order valence-corrected chi connectivity index (χ2v) is 7.51. The van der Waals surface area contributed by atoms with Gasteiger partial charge >= 0.3 is 0 Å². The molecule has 1 fully saturated rings. The van der Waals surface area contributed by atoms with Crippen molar-refractivity contribution in [3.8, 4) is 0 Å². The molecule has 0 N–H and O–H groups in total. The third-order valence-corrected chi connectivity index (χ3v) is 5.66. The summed E-state index contributed by atoms with van der Waals surface area (Å²) < 4.78 is 0. The van der Waals surface area contributed by atoms with Gasteiger partial charge in [-0.15, -0.1) is 0 Å². The number of hydrogen-bond acceptors (Lipinski definition) is 3. The predicted octanol–water partition coefficient (Wildman–Crippen LogP) is 4.39. The van der Waals surface area contributed by atoms with Gasteiger partial charge in [0, 0.05) is 43.9 Å². The molecule has 0 spiro atoms. The summed E-state index contributed by atoms with van der Waals surface area (Å²) in [6, 6.07) is 9.42. The van der Waals surface area contributed by atoms with Crippen molar-refractivity contribution < 1.29 is 0 Å². The largest absolute Gasteiger partial charge is 0.300 e. The molecule has 0 radical (unpaired) electrons. The smallest absolute Gasteiger partial charge is 0.0270 e. The average Bonchev–Trinajstić information content (AvgIpc) is 2.64. The van der Waals surface area contributed by atoms with Crippen LogP contribution in [0.1, 0.15) is 44.2 Å². The van der Waals surface area contributed by atoms with E-state index in [-0.39, 0.29) is 0 Å². The van der Waals surface area contributed by atoms with E-state index in [1.807, 2.05) is 24.8 Å². The Morgan fingerprint density at radius 2 is 1.28 bits per heavy atom. The second kappa shape index (κ2) is 9.10. The lowest BCUT2D eigenvalue weighted by Crippen LogP contribution is -2.46. The lowest BCUT2D eigenvalue weighted by molar-refractivity contribution is 0.0782. The lowest BCUT2D eigenvalue weighted by atomic mass is 9.81. The van der Waals surface area contributed by atoms with E-state index in [4.69, 9.17) is 0 Å². The van der Waals surface area contributed by atoms with Crippen molar-refractivity contribution in [2.75, 3.05) is 13.1 Å². The molecule has 0 saturated carbocycles. The minimum atomic E-state index is 0.722. The first-order chi connectivity index (χ1) is 12.3. The Balaban J connectivity index is 1.71. The summed E-state index contributed by atoms with van der Waals surface area (Å²) in [6.07, 6.45) is 13.9. The van der Waals surface area contributed by atoms with Crippen molar-refractivity contribution in [2.24, 2.45) is 11.8 Å². The lowest BCUT2D eigenvalue weighted by Gasteiger charge is -2.42. The first-order valence-corrected chi connectivity index (χ1v) is 9.80. The van der Waals surface area contributed by atoms with Gasteiger partial charge in [-0.3, -0.25) is 14.9 Å². The third-order valence-electron chi connectivity index (χ3n) is 5.66. The van der Waals surface area contributed by atoms with Crippen LogP contribution in [0.25, 0.3) is 0 Å². The molecule has 1 aliphatic rings. The van der Waals surface area contributed by atoms with Gasteiger partial charge in [0.1, 0.15) is 0 Å². The van der Waals surface area contributed by atoms with Crippen LogP contribution in [0.2, 0.25) is 0 Å². The van der Waals surface area contributed by atoms with Crippen LogP contribution in [0.5, 0.6) is 0 Å². The molecule has 2 atom stereocenters. The van der Waals surface area contributed by atoms with Gasteiger partial charge in [0.2, 0.25) is 0 Å². The Labute approximate surface area is 152 Å². The van der Waals surface area contributed by atoms with E-state index in [0.717, 1.165) is 17.9 Å². The fraction of sp³-hybridized carbons (Fsp3) is 0.545. The normalized spacial score (nSPS) is 21.6. The van der Waals surface area contributed by atoms with Crippen molar-refractivity contribution in [3.63, 3.8) is 0 Å². The predicted molar refractivity (Wildman–Crippen MR) is 103 cm³/mol. The minimum Gasteiger partial charge on any atom is -0.300 e. The van der Waals surface area contributed by atoms with Crippen molar-refractivity contribution in [1.29, 1.82) is 0 Å². The Hall–Kier alpha value is -1.74. The molecule has 25 heavy (non-hydrogen) atoms. The Morgan fingerprint density at radius 3 is 1.68 bits per heavy atom. The maximum Gasteiger partial charge on any atom is 0.0270 e.